The second-order valence-electron chi connectivity index (χ2n) is 5.79. The van der Waals surface area contributed by atoms with Crippen LogP contribution < -0.4 is 10.1 Å². The maximum atomic E-state index is 12.1. The number of hydrogen-bond donors (Lipinski definition) is 1. The fourth-order valence-corrected chi connectivity index (χ4v) is 2.56. The Morgan fingerprint density at radius 3 is 2.23 bits per heavy atom. The molecule has 0 fully saturated rings. The molecule has 0 aliphatic rings. The molecule has 0 saturated carbocycles. The molecule has 0 bridgehead atoms. The van der Waals surface area contributed by atoms with E-state index in [1.54, 1.807) is 24.3 Å². The topological polar surface area (TPSA) is 60.3 Å². The van der Waals surface area contributed by atoms with E-state index in [9.17, 15) is 9.59 Å². The zero-order valence-corrected chi connectivity index (χ0v) is 14.5. The fourth-order valence-electron chi connectivity index (χ4n) is 2.56. The summed E-state index contributed by atoms with van der Waals surface area (Å²) in [7, 11) is 0. The number of nitrogens with one attached hydrogen (secondary N) is 1. The molecular formula is C21H20N2O3. The van der Waals surface area contributed by atoms with E-state index in [1.165, 1.54) is 0 Å². The number of hydrogen-bond acceptors (Lipinski definition) is 3. The van der Waals surface area contributed by atoms with Gasteiger partial charge in [0.05, 0.1) is 6.42 Å². The van der Waals surface area contributed by atoms with E-state index >= 15 is 0 Å². The monoisotopic (exact) mass is 348 g/mol. The molecule has 132 valence electrons. The largest absolute Gasteiger partial charge is 0.426 e. The van der Waals surface area contributed by atoms with Crippen molar-refractivity contribution in [1.29, 1.82) is 0 Å². The lowest BCUT2D eigenvalue weighted by Gasteiger charge is -2.07. The van der Waals surface area contributed by atoms with Gasteiger partial charge in [-0.3, -0.25) is 9.59 Å². The number of esters is 1. The van der Waals surface area contributed by atoms with Crippen LogP contribution in [0.2, 0.25) is 0 Å². The summed E-state index contributed by atoms with van der Waals surface area (Å²) < 4.78 is 7.34. The molecular weight excluding hydrogens is 328 g/mol. The molecule has 3 aromatic rings. The lowest BCUT2D eigenvalue weighted by Crippen LogP contribution is -2.22. The van der Waals surface area contributed by atoms with Crippen molar-refractivity contribution in [3.63, 3.8) is 0 Å². The Balaban J connectivity index is 1.57. The molecule has 1 aromatic heterocycles. The molecule has 0 saturated heterocycles. The molecule has 0 unspecified atom stereocenters. The van der Waals surface area contributed by atoms with Crippen molar-refractivity contribution in [2.75, 3.05) is 6.54 Å². The lowest BCUT2D eigenvalue weighted by atomic mass is 10.1. The van der Waals surface area contributed by atoms with Gasteiger partial charge in [0.25, 0.3) is 5.91 Å². The van der Waals surface area contributed by atoms with Crippen LogP contribution in [0.4, 0.5) is 0 Å². The van der Waals surface area contributed by atoms with Crippen molar-refractivity contribution < 1.29 is 14.3 Å². The maximum Gasteiger partial charge on any atom is 0.315 e. The fraction of sp³-hybridized carbons (Fsp3) is 0.143. The zero-order chi connectivity index (χ0) is 18.4. The van der Waals surface area contributed by atoms with E-state index in [-0.39, 0.29) is 18.3 Å². The molecule has 1 N–H and O–H groups in total. The first-order valence-electron chi connectivity index (χ1n) is 8.47. The minimum absolute atomic E-state index is 0.145. The van der Waals surface area contributed by atoms with Crippen LogP contribution >= 0.6 is 0 Å². The smallest absolute Gasteiger partial charge is 0.315 e. The van der Waals surface area contributed by atoms with Crippen molar-refractivity contribution in [3.8, 4) is 11.4 Å². The van der Waals surface area contributed by atoms with Crippen LogP contribution in [0.1, 0.15) is 22.8 Å². The van der Waals surface area contributed by atoms with Crippen LogP contribution in [0.25, 0.3) is 5.69 Å². The summed E-state index contributed by atoms with van der Waals surface area (Å²) in [5, 5.41) is 2.72. The molecule has 5 heteroatoms. The SMILES string of the molecule is CCNC(=O)c1ccc(OC(=O)Cc2ccc(-n3cccc3)cc2)cc1. The molecule has 0 radical (unpaired) electrons. The summed E-state index contributed by atoms with van der Waals surface area (Å²) >= 11 is 0. The number of ether oxygens (including phenoxy) is 1. The van der Waals surface area contributed by atoms with Crippen LogP contribution in [-0.4, -0.2) is 23.0 Å². The number of carbonyl (C=O) groups excluding carboxylic acids is 2. The van der Waals surface area contributed by atoms with Crippen LogP contribution in [0.5, 0.6) is 5.75 Å². The highest BCUT2D eigenvalue weighted by Crippen LogP contribution is 2.15. The van der Waals surface area contributed by atoms with Gasteiger partial charge in [0.15, 0.2) is 0 Å². The standard InChI is InChI=1S/C21H20N2O3/c1-2-22-21(25)17-7-11-19(12-8-17)26-20(24)15-16-5-9-18(10-6-16)23-13-3-4-14-23/h3-14H,2,15H2,1H3,(H,22,25). The van der Waals surface area contributed by atoms with Crippen molar-refractivity contribution in [3.05, 3.63) is 84.2 Å². The number of benzene rings is 2. The summed E-state index contributed by atoms with van der Waals surface area (Å²) in [5.74, 6) is -0.0651. The third-order valence-corrected chi connectivity index (χ3v) is 3.87. The van der Waals surface area contributed by atoms with Gasteiger partial charge in [-0.05, 0) is 61.0 Å². The van der Waals surface area contributed by atoms with Crippen LogP contribution in [-0.2, 0) is 11.2 Å². The Labute approximate surface area is 152 Å². The van der Waals surface area contributed by atoms with Crippen molar-refractivity contribution in [2.24, 2.45) is 0 Å². The molecule has 0 spiro atoms. The second kappa shape index (κ2) is 8.16. The van der Waals surface area contributed by atoms with Gasteiger partial charge in [0, 0.05) is 30.2 Å². The average Bonchev–Trinajstić information content (AvgIpc) is 3.18. The Morgan fingerprint density at radius 1 is 0.962 bits per heavy atom. The van der Waals surface area contributed by atoms with Gasteiger partial charge < -0.3 is 14.6 Å². The van der Waals surface area contributed by atoms with Gasteiger partial charge in [-0.1, -0.05) is 12.1 Å². The number of nitrogens with zero attached hydrogens (tertiary/aromatic N) is 1. The van der Waals surface area contributed by atoms with E-state index in [1.807, 2.05) is 60.3 Å². The van der Waals surface area contributed by atoms with Crippen molar-refractivity contribution in [1.82, 2.24) is 9.88 Å². The molecule has 0 aliphatic heterocycles. The molecule has 3 rings (SSSR count). The van der Waals surface area contributed by atoms with Gasteiger partial charge in [-0.2, -0.15) is 0 Å². The normalized spacial score (nSPS) is 10.3. The summed E-state index contributed by atoms with van der Waals surface area (Å²) in [5.41, 5.74) is 2.45. The second-order valence-corrected chi connectivity index (χ2v) is 5.79. The van der Waals surface area contributed by atoms with Crippen molar-refractivity contribution in [2.45, 2.75) is 13.3 Å². The number of carbonyl (C=O) groups is 2. The third kappa shape index (κ3) is 4.39. The highest BCUT2D eigenvalue weighted by Gasteiger charge is 2.09. The minimum atomic E-state index is -0.343. The van der Waals surface area contributed by atoms with Gasteiger partial charge in [-0.15, -0.1) is 0 Å². The van der Waals surface area contributed by atoms with E-state index < -0.39 is 0 Å². The molecule has 2 aromatic carbocycles. The van der Waals surface area contributed by atoms with Gasteiger partial charge in [0.1, 0.15) is 5.75 Å². The first-order chi connectivity index (χ1) is 12.7. The van der Waals surface area contributed by atoms with E-state index in [2.05, 4.69) is 5.32 Å². The molecule has 1 amide bonds. The Bertz CT molecular complexity index is 867. The maximum absolute atomic E-state index is 12.1. The average molecular weight is 348 g/mol. The summed E-state index contributed by atoms with van der Waals surface area (Å²) in [6, 6.07) is 18.2. The molecule has 26 heavy (non-hydrogen) atoms. The highest BCUT2D eigenvalue weighted by molar-refractivity contribution is 5.94. The van der Waals surface area contributed by atoms with Crippen LogP contribution in [0.15, 0.2) is 73.1 Å². The summed E-state index contributed by atoms with van der Waals surface area (Å²) in [6.07, 6.45) is 4.12. The Hall–Kier alpha value is -3.34. The lowest BCUT2D eigenvalue weighted by molar-refractivity contribution is -0.133. The Morgan fingerprint density at radius 2 is 1.62 bits per heavy atom. The number of rotatable bonds is 6. The van der Waals surface area contributed by atoms with Crippen molar-refractivity contribution >= 4 is 11.9 Å². The van der Waals surface area contributed by atoms with Gasteiger partial charge in [-0.25, -0.2) is 0 Å². The first-order valence-corrected chi connectivity index (χ1v) is 8.47. The quantitative estimate of drug-likeness (QED) is 0.549. The molecule has 0 atom stereocenters. The van der Waals surface area contributed by atoms with E-state index in [0.717, 1.165) is 11.3 Å². The predicted octanol–water partition coefficient (Wildman–Crippen LogP) is 3.38. The van der Waals surface area contributed by atoms with E-state index in [4.69, 9.17) is 4.74 Å². The summed E-state index contributed by atoms with van der Waals surface area (Å²) in [6.45, 7) is 2.43. The van der Waals surface area contributed by atoms with Gasteiger partial charge >= 0.3 is 5.97 Å². The first kappa shape index (κ1) is 17.5. The van der Waals surface area contributed by atoms with E-state index in [0.29, 0.717) is 17.9 Å². The number of amides is 1. The molecule has 0 aliphatic carbocycles. The number of aromatic nitrogens is 1. The zero-order valence-electron chi connectivity index (χ0n) is 14.5. The minimum Gasteiger partial charge on any atom is -0.426 e. The van der Waals surface area contributed by atoms with Gasteiger partial charge in [0.2, 0.25) is 0 Å². The predicted molar refractivity (Wildman–Crippen MR) is 99.6 cm³/mol. The van der Waals surface area contributed by atoms with Crippen LogP contribution in [0, 0.1) is 0 Å². The summed E-state index contributed by atoms with van der Waals surface area (Å²) in [4.78, 5) is 23.8. The molecule has 5 nitrogen and oxygen atoms in total. The Kier molecular flexibility index (Phi) is 5.49. The van der Waals surface area contributed by atoms with Crippen LogP contribution in [0.3, 0.4) is 0 Å². The highest BCUT2D eigenvalue weighted by atomic mass is 16.5. The molecule has 1 heterocycles. The third-order valence-electron chi connectivity index (χ3n) is 3.87.